The van der Waals surface area contributed by atoms with Gasteiger partial charge in [0.15, 0.2) is 0 Å². The Hall–Kier alpha value is -1.89. The van der Waals surface area contributed by atoms with Crippen molar-refractivity contribution in [2.45, 2.75) is 90.4 Å². The van der Waals surface area contributed by atoms with Crippen LogP contribution in [0.25, 0.3) is 0 Å². The minimum absolute atomic E-state index is 0.0423. The standard InChI is InChI=1S/C23H41NO6/c1-2-3-4-5-6-7-8-9-10-17-24(18-11-14-21(25)26,19-12-15-22(27)28)20-13-16-23(29)30/h9-10H,2-8,11-20H2,1H3,(H2-,25,26,27,28,29,30)/b10-9+. The van der Waals surface area contributed by atoms with Crippen molar-refractivity contribution in [1.82, 2.24) is 0 Å². The van der Waals surface area contributed by atoms with Crippen molar-refractivity contribution in [3.63, 3.8) is 0 Å². The molecule has 2 N–H and O–H groups in total. The van der Waals surface area contributed by atoms with Crippen LogP contribution in [0.4, 0.5) is 0 Å². The number of quaternary nitrogens is 1. The van der Waals surface area contributed by atoms with E-state index in [4.69, 9.17) is 10.2 Å². The number of allylic oxidation sites excluding steroid dienone is 1. The first-order valence-corrected chi connectivity index (χ1v) is 11.4. The van der Waals surface area contributed by atoms with Gasteiger partial charge in [-0.15, -0.1) is 0 Å². The summed E-state index contributed by atoms with van der Waals surface area (Å²) in [5.74, 6) is -2.80. The average Bonchev–Trinajstić information content (AvgIpc) is 2.65. The number of carbonyl (C=O) groups is 3. The molecule has 0 unspecified atom stereocenters. The highest BCUT2D eigenvalue weighted by Gasteiger charge is 2.26. The lowest BCUT2D eigenvalue weighted by molar-refractivity contribution is -0.923. The van der Waals surface area contributed by atoms with E-state index in [0.717, 1.165) is 12.8 Å². The number of aliphatic carboxylic acids is 3. The number of nitrogens with zero attached hydrogens (tertiary/aromatic N) is 1. The molecule has 0 saturated heterocycles. The Bertz CT molecular complexity index is 468. The highest BCUT2D eigenvalue weighted by molar-refractivity contribution is 5.66. The molecule has 7 heteroatoms. The third-order valence-corrected chi connectivity index (χ3v) is 5.44. The third-order valence-electron chi connectivity index (χ3n) is 5.44. The van der Waals surface area contributed by atoms with Crippen LogP contribution in [0.15, 0.2) is 12.2 Å². The molecule has 0 aliphatic carbocycles. The molecule has 7 nitrogen and oxygen atoms in total. The fourth-order valence-corrected chi connectivity index (χ4v) is 3.76. The van der Waals surface area contributed by atoms with Crippen molar-refractivity contribution in [3.8, 4) is 0 Å². The van der Waals surface area contributed by atoms with Gasteiger partial charge in [0.1, 0.15) is 0 Å². The highest BCUT2D eigenvalue weighted by atomic mass is 16.4. The van der Waals surface area contributed by atoms with Crippen molar-refractivity contribution in [2.75, 3.05) is 26.2 Å². The van der Waals surface area contributed by atoms with Gasteiger partial charge < -0.3 is 24.6 Å². The summed E-state index contributed by atoms with van der Waals surface area (Å²) in [6, 6.07) is 0. The van der Waals surface area contributed by atoms with Crippen LogP contribution in [0.2, 0.25) is 0 Å². The molecule has 0 rings (SSSR count). The van der Waals surface area contributed by atoms with Gasteiger partial charge in [-0.05, 0) is 25.3 Å². The molecule has 0 spiro atoms. The number of unbranched alkanes of at least 4 members (excludes halogenated alkanes) is 6. The maximum absolute atomic E-state index is 10.9. The van der Waals surface area contributed by atoms with Gasteiger partial charge in [0.25, 0.3) is 0 Å². The van der Waals surface area contributed by atoms with Gasteiger partial charge in [0, 0.05) is 25.2 Å². The lowest BCUT2D eigenvalue weighted by Gasteiger charge is -2.38. The summed E-state index contributed by atoms with van der Waals surface area (Å²) in [6.45, 7) is 4.64. The molecule has 0 aromatic carbocycles. The first-order chi connectivity index (χ1) is 14.3. The topological polar surface area (TPSA) is 115 Å². The molecule has 0 aromatic rings. The summed E-state index contributed by atoms with van der Waals surface area (Å²) in [6.07, 6.45) is 14.2. The van der Waals surface area contributed by atoms with E-state index in [1.54, 1.807) is 0 Å². The van der Waals surface area contributed by atoms with Crippen LogP contribution in [0.5, 0.6) is 0 Å². The lowest BCUT2D eigenvalue weighted by Crippen LogP contribution is -2.50. The van der Waals surface area contributed by atoms with Gasteiger partial charge >= 0.3 is 11.9 Å². The summed E-state index contributed by atoms with van der Waals surface area (Å²) < 4.78 is 0.529. The van der Waals surface area contributed by atoms with Gasteiger partial charge in [-0.2, -0.15) is 0 Å². The number of rotatable bonds is 21. The molecule has 0 fully saturated rings. The van der Waals surface area contributed by atoms with Gasteiger partial charge in [0.2, 0.25) is 0 Å². The van der Waals surface area contributed by atoms with Crippen LogP contribution >= 0.6 is 0 Å². The molecular formula is C23H41NO6. The van der Waals surface area contributed by atoms with Crippen LogP contribution in [-0.2, 0) is 14.4 Å². The number of carboxylic acids is 3. The molecule has 0 atom stereocenters. The molecule has 0 saturated carbocycles. The average molecular weight is 428 g/mol. The Labute approximate surface area is 181 Å². The number of carboxylic acid groups (broad SMARTS) is 3. The summed E-state index contributed by atoms with van der Waals surface area (Å²) in [4.78, 5) is 32.7. The molecular weight excluding hydrogens is 386 g/mol. The molecule has 0 heterocycles. The maximum Gasteiger partial charge on any atom is 0.303 e. The monoisotopic (exact) mass is 427 g/mol. The predicted octanol–water partition coefficient (Wildman–Crippen LogP) is 3.37. The van der Waals surface area contributed by atoms with Crippen molar-refractivity contribution in [2.24, 2.45) is 0 Å². The van der Waals surface area contributed by atoms with Crippen LogP contribution < -0.4 is 5.11 Å². The zero-order valence-electron chi connectivity index (χ0n) is 18.7. The fraction of sp³-hybridized carbons (Fsp3) is 0.783. The Morgan fingerprint density at radius 1 is 0.733 bits per heavy atom. The van der Waals surface area contributed by atoms with Gasteiger partial charge in [-0.25, -0.2) is 0 Å². The minimum Gasteiger partial charge on any atom is -0.550 e. The van der Waals surface area contributed by atoms with Crippen molar-refractivity contribution >= 4 is 17.9 Å². The predicted molar refractivity (Wildman–Crippen MR) is 115 cm³/mol. The van der Waals surface area contributed by atoms with E-state index < -0.39 is 17.9 Å². The van der Waals surface area contributed by atoms with Gasteiger partial charge in [-0.3, -0.25) is 9.59 Å². The zero-order chi connectivity index (χ0) is 22.7. The molecule has 0 aliphatic heterocycles. The van der Waals surface area contributed by atoms with Crippen LogP contribution in [0, 0.1) is 0 Å². The molecule has 174 valence electrons. The molecule has 0 bridgehead atoms. The van der Waals surface area contributed by atoms with Crippen LogP contribution in [0.1, 0.15) is 90.4 Å². The SMILES string of the molecule is CCCCCCCC/C=C/C[N+](CCCC(=O)[O-])(CCCC(=O)O)CCCC(=O)O. The fourth-order valence-electron chi connectivity index (χ4n) is 3.76. The third kappa shape index (κ3) is 17.0. The van der Waals surface area contributed by atoms with E-state index in [-0.39, 0.29) is 19.3 Å². The second-order valence-corrected chi connectivity index (χ2v) is 8.19. The van der Waals surface area contributed by atoms with Crippen molar-refractivity contribution in [1.29, 1.82) is 0 Å². The second kappa shape index (κ2) is 17.9. The molecule has 0 radical (unpaired) electrons. The zero-order valence-corrected chi connectivity index (χ0v) is 18.7. The Morgan fingerprint density at radius 3 is 1.73 bits per heavy atom. The number of hydrogen-bond donors (Lipinski definition) is 2. The summed E-state index contributed by atoms with van der Waals surface area (Å²) in [5, 5.41) is 28.8. The quantitative estimate of drug-likeness (QED) is 0.165. The van der Waals surface area contributed by atoms with Crippen molar-refractivity contribution in [3.05, 3.63) is 12.2 Å². The lowest BCUT2D eigenvalue weighted by atomic mass is 10.1. The first kappa shape index (κ1) is 28.1. The summed E-state index contributed by atoms with van der Waals surface area (Å²) >= 11 is 0. The Balaban J connectivity index is 4.83. The van der Waals surface area contributed by atoms with Gasteiger partial charge in [0.05, 0.1) is 39.0 Å². The molecule has 30 heavy (non-hydrogen) atoms. The van der Waals surface area contributed by atoms with E-state index in [1.165, 1.54) is 32.1 Å². The largest absolute Gasteiger partial charge is 0.550 e. The van der Waals surface area contributed by atoms with Crippen LogP contribution in [-0.4, -0.2) is 58.8 Å². The maximum atomic E-state index is 10.9. The van der Waals surface area contributed by atoms with E-state index in [1.807, 2.05) is 0 Å². The molecule has 0 aliphatic rings. The summed E-state index contributed by atoms with van der Waals surface area (Å²) in [5.41, 5.74) is 0. The normalized spacial score (nSPS) is 11.8. The Kier molecular flexibility index (Phi) is 16.8. The van der Waals surface area contributed by atoms with E-state index in [0.29, 0.717) is 49.9 Å². The van der Waals surface area contributed by atoms with E-state index in [2.05, 4.69) is 19.1 Å². The van der Waals surface area contributed by atoms with E-state index >= 15 is 0 Å². The second-order valence-electron chi connectivity index (χ2n) is 8.19. The molecule has 0 aromatic heterocycles. The number of hydrogen-bond acceptors (Lipinski definition) is 4. The Morgan fingerprint density at radius 2 is 1.23 bits per heavy atom. The number of carbonyl (C=O) groups excluding carboxylic acids is 1. The molecule has 0 amide bonds. The van der Waals surface area contributed by atoms with Gasteiger partial charge in [-0.1, -0.05) is 45.1 Å². The van der Waals surface area contributed by atoms with Crippen LogP contribution in [0.3, 0.4) is 0 Å². The first-order valence-electron chi connectivity index (χ1n) is 11.4. The summed E-state index contributed by atoms with van der Waals surface area (Å²) in [7, 11) is 0. The minimum atomic E-state index is -1.09. The van der Waals surface area contributed by atoms with Crippen molar-refractivity contribution < 1.29 is 34.2 Å². The van der Waals surface area contributed by atoms with E-state index in [9.17, 15) is 19.5 Å². The smallest absolute Gasteiger partial charge is 0.303 e. The highest BCUT2D eigenvalue weighted by Crippen LogP contribution is 2.16.